The summed E-state index contributed by atoms with van der Waals surface area (Å²) in [5.74, 6) is 0.767. The van der Waals surface area contributed by atoms with Crippen molar-refractivity contribution in [1.29, 1.82) is 0 Å². The minimum absolute atomic E-state index is 0.767. The standard InChI is InChI=1S/C19H28N2/c20-16-8-6-14(7-9-16)15-12-18-10-11-19(13-15)21(18)17-4-2-1-3-5-17/h6-9,15,17-19H,1-5,10-13,20H2. The predicted molar refractivity (Wildman–Crippen MR) is 88.4 cm³/mol. The minimum atomic E-state index is 0.767. The summed E-state index contributed by atoms with van der Waals surface area (Å²) in [7, 11) is 0. The Labute approximate surface area is 128 Å². The van der Waals surface area contributed by atoms with Gasteiger partial charge in [0.05, 0.1) is 0 Å². The summed E-state index contributed by atoms with van der Waals surface area (Å²) in [6, 6.07) is 11.3. The Hall–Kier alpha value is -1.02. The zero-order chi connectivity index (χ0) is 14.2. The van der Waals surface area contributed by atoms with E-state index < -0.39 is 0 Å². The van der Waals surface area contributed by atoms with Crippen molar-refractivity contribution in [3.05, 3.63) is 29.8 Å². The van der Waals surface area contributed by atoms with Crippen molar-refractivity contribution in [2.45, 2.75) is 81.8 Å². The topological polar surface area (TPSA) is 29.3 Å². The first kappa shape index (κ1) is 13.6. The van der Waals surface area contributed by atoms with E-state index in [1.54, 1.807) is 0 Å². The van der Waals surface area contributed by atoms with Crippen molar-refractivity contribution in [3.8, 4) is 0 Å². The second-order valence-corrected chi connectivity index (χ2v) is 7.46. The summed E-state index contributed by atoms with van der Waals surface area (Å²) >= 11 is 0. The lowest BCUT2D eigenvalue weighted by Crippen LogP contribution is -2.49. The lowest BCUT2D eigenvalue weighted by molar-refractivity contribution is 0.0567. The summed E-state index contributed by atoms with van der Waals surface area (Å²) in [6.07, 6.45) is 12.9. The maximum Gasteiger partial charge on any atom is 0.0314 e. The van der Waals surface area contributed by atoms with Gasteiger partial charge in [0.2, 0.25) is 0 Å². The van der Waals surface area contributed by atoms with Crippen molar-refractivity contribution < 1.29 is 0 Å². The molecule has 2 heterocycles. The highest BCUT2D eigenvalue weighted by Crippen LogP contribution is 2.45. The van der Waals surface area contributed by atoms with Crippen LogP contribution in [-0.4, -0.2) is 23.0 Å². The summed E-state index contributed by atoms with van der Waals surface area (Å²) in [5, 5.41) is 0. The van der Waals surface area contributed by atoms with E-state index in [0.717, 1.165) is 29.7 Å². The number of benzene rings is 1. The van der Waals surface area contributed by atoms with Crippen LogP contribution in [0.1, 0.15) is 69.3 Å². The fourth-order valence-electron chi connectivity index (χ4n) is 5.23. The van der Waals surface area contributed by atoms with Gasteiger partial charge in [-0.15, -0.1) is 0 Å². The van der Waals surface area contributed by atoms with Crippen LogP contribution in [0, 0.1) is 0 Å². The van der Waals surface area contributed by atoms with E-state index in [1.807, 2.05) is 0 Å². The largest absolute Gasteiger partial charge is 0.399 e. The van der Waals surface area contributed by atoms with Crippen LogP contribution in [0.5, 0.6) is 0 Å². The van der Waals surface area contributed by atoms with Crippen molar-refractivity contribution in [3.63, 3.8) is 0 Å². The number of fused-ring (bicyclic) bond motifs is 2. The van der Waals surface area contributed by atoms with Crippen LogP contribution < -0.4 is 5.73 Å². The molecule has 4 rings (SSSR count). The molecule has 3 fully saturated rings. The van der Waals surface area contributed by atoms with Gasteiger partial charge in [-0.2, -0.15) is 0 Å². The SMILES string of the molecule is Nc1ccc(C2CC3CCC(C2)N3C2CCCCC2)cc1. The number of piperidine rings is 1. The number of hydrogen-bond donors (Lipinski definition) is 1. The number of hydrogen-bond acceptors (Lipinski definition) is 2. The zero-order valence-corrected chi connectivity index (χ0v) is 13.0. The second-order valence-electron chi connectivity index (χ2n) is 7.46. The highest BCUT2D eigenvalue weighted by Gasteiger charge is 2.43. The Morgan fingerprint density at radius 2 is 1.38 bits per heavy atom. The Bertz CT molecular complexity index is 461. The number of nitrogens with two attached hydrogens (primary N) is 1. The fraction of sp³-hybridized carbons (Fsp3) is 0.684. The van der Waals surface area contributed by atoms with E-state index in [1.165, 1.54) is 63.4 Å². The lowest BCUT2D eigenvalue weighted by Gasteiger charge is -2.45. The van der Waals surface area contributed by atoms with Gasteiger partial charge in [0, 0.05) is 23.8 Å². The molecule has 2 nitrogen and oxygen atoms in total. The monoisotopic (exact) mass is 284 g/mol. The number of nitrogens with zero attached hydrogens (tertiary/aromatic N) is 1. The van der Waals surface area contributed by atoms with Gasteiger partial charge in [-0.25, -0.2) is 0 Å². The summed E-state index contributed by atoms with van der Waals surface area (Å²) in [5.41, 5.74) is 8.24. The molecule has 0 radical (unpaired) electrons. The van der Waals surface area contributed by atoms with Crippen LogP contribution in [0.3, 0.4) is 0 Å². The third kappa shape index (κ3) is 2.59. The van der Waals surface area contributed by atoms with Crippen molar-refractivity contribution in [2.24, 2.45) is 0 Å². The molecular formula is C19H28N2. The van der Waals surface area contributed by atoms with Gasteiger partial charge in [0.1, 0.15) is 0 Å². The second kappa shape index (κ2) is 5.64. The summed E-state index contributed by atoms with van der Waals surface area (Å²) in [4.78, 5) is 2.95. The zero-order valence-electron chi connectivity index (χ0n) is 13.0. The van der Waals surface area contributed by atoms with Crippen LogP contribution in [0.25, 0.3) is 0 Å². The van der Waals surface area contributed by atoms with Gasteiger partial charge < -0.3 is 5.73 Å². The summed E-state index contributed by atoms with van der Waals surface area (Å²) < 4.78 is 0. The van der Waals surface area contributed by atoms with E-state index >= 15 is 0 Å². The molecular weight excluding hydrogens is 256 g/mol. The van der Waals surface area contributed by atoms with E-state index in [2.05, 4.69) is 29.2 Å². The van der Waals surface area contributed by atoms with Gasteiger partial charge in [-0.05, 0) is 62.1 Å². The number of anilines is 1. The van der Waals surface area contributed by atoms with Crippen LogP contribution in [-0.2, 0) is 0 Å². The average molecular weight is 284 g/mol. The van der Waals surface area contributed by atoms with E-state index in [0.29, 0.717) is 0 Å². The molecule has 2 bridgehead atoms. The molecule has 3 aliphatic rings. The molecule has 2 aliphatic heterocycles. The molecule has 21 heavy (non-hydrogen) atoms. The number of rotatable bonds is 2. The molecule has 0 amide bonds. The molecule has 1 aromatic rings. The molecule has 0 spiro atoms. The molecule has 1 aliphatic carbocycles. The van der Waals surface area contributed by atoms with Crippen molar-refractivity contribution in [1.82, 2.24) is 4.90 Å². The molecule has 2 atom stereocenters. The average Bonchev–Trinajstić information content (AvgIpc) is 2.79. The van der Waals surface area contributed by atoms with E-state index in [9.17, 15) is 0 Å². The van der Waals surface area contributed by atoms with Crippen molar-refractivity contribution in [2.75, 3.05) is 5.73 Å². The third-order valence-corrected chi connectivity index (χ3v) is 6.19. The Kier molecular flexibility index (Phi) is 3.66. The van der Waals surface area contributed by atoms with Gasteiger partial charge in [0.15, 0.2) is 0 Å². The number of nitrogen functional groups attached to an aromatic ring is 1. The van der Waals surface area contributed by atoms with Gasteiger partial charge in [0.25, 0.3) is 0 Å². The van der Waals surface area contributed by atoms with Crippen molar-refractivity contribution >= 4 is 5.69 Å². The molecule has 0 aromatic heterocycles. The summed E-state index contributed by atoms with van der Waals surface area (Å²) in [6.45, 7) is 0. The molecule has 1 saturated carbocycles. The van der Waals surface area contributed by atoms with E-state index in [4.69, 9.17) is 5.73 Å². The first-order chi connectivity index (χ1) is 10.3. The lowest BCUT2D eigenvalue weighted by atomic mass is 9.82. The fourth-order valence-corrected chi connectivity index (χ4v) is 5.23. The van der Waals surface area contributed by atoms with Crippen LogP contribution in [0.4, 0.5) is 5.69 Å². The first-order valence-electron chi connectivity index (χ1n) is 8.94. The first-order valence-corrected chi connectivity index (χ1v) is 8.94. The predicted octanol–water partition coefficient (Wildman–Crippen LogP) is 4.31. The molecule has 2 saturated heterocycles. The maximum atomic E-state index is 5.83. The van der Waals surface area contributed by atoms with Gasteiger partial charge >= 0.3 is 0 Å². The molecule has 114 valence electrons. The quantitative estimate of drug-likeness (QED) is 0.820. The smallest absolute Gasteiger partial charge is 0.0314 e. The molecule has 2 N–H and O–H groups in total. The maximum absolute atomic E-state index is 5.83. The van der Waals surface area contributed by atoms with Gasteiger partial charge in [-0.1, -0.05) is 31.4 Å². The van der Waals surface area contributed by atoms with Crippen LogP contribution in [0.15, 0.2) is 24.3 Å². The van der Waals surface area contributed by atoms with Crippen LogP contribution in [0.2, 0.25) is 0 Å². The Balaban J connectivity index is 1.49. The molecule has 1 aromatic carbocycles. The van der Waals surface area contributed by atoms with E-state index in [-0.39, 0.29) is 0 Å². The highest BCUT2D eigenvalue weighted by molar-refractivity contribution is 5.40. The minimum Gasteiger partial charge on any atom is -0.399 e. The Morgan fingerprint density at radius 3 is 2.00 bits per heavy atom. The van der Waals surface area contributed by atoms with Gasteiger partial charge in [-0.3, -0.25) is 4.90 Å². The molecule has 2 unspecified atom stereocenters. The molecule has 2 heteroatoms. The Morgan fingerprint density at radius 1 is 0.762 bits per heavy atom. The van der Waals surface area contributed by atoms with Crippen LogP contribution >= 0.6 is 0 Å². The highest BCUT2D eigenvalue weighted by atomic mass is 15.2. The third-order valence-electron chi connectivity index (χ3n) is 6.19. The normalized spacial score (nSPS) is 34.2.